The summed E-state index contributed by atoms with van der Waals surface area (Å²) >= 11 is 0. The number of ether oxygens (including phenoxy) is 2. The molecule has 4 heteroatoms. The van der Waals surface area contributed by atoms with Gasteiger partial charge >= 0.3 is 5.97 Å². The first-order chi connectivity index (χ1) is 7.69. The number of esters is 1. The van der Waals surface area contributed by atoms with Crippen molar-refractivity contribution in [3.8, 4) is 11.5 Å². The summed E-state index contributed by atoms with van der Waals surface area (Å²) in [6.07, 6.45) is 2.72. The van der Waals surface area contributed by atoms with Gasteiger partial charge in [0.05, 0.1) is 19.3 Å². The van der Waals surface area contributed by atoms with Crippen molar-refractivity contribution >= 4 is 12.0 Å². The van der Waals surface area contributed by atoms with Crippen LogP contribution in [0.25, 0.3) is 6.08 Å². The van der Waals surface area contributed by atoms with Crippen LogP contribution in [0.2, 0.25) is 0 Å². The summed E-state index contributed by atoms with van der Waals surface area (Å²) in [4.78, 5) is 11.1. The van der Waals surface area contributed by atoms with E-state index in [2.05, 4.69) is 0 Å². The fraction of sp³-hybridized carbons (Fsp3) is 0.250. The molecule has 0 bridgehead atoms. The summed E-state index contributed by atoms with van der Waals surface area (Å²) in [7, 11) is 1.50. The number of carbonyl (C=O) groups is 1. The molecule has 4 nitrogen and oxygen atoms in total. The largest absolute Gasteiger partial charge is 0.507 e. The number of phenols is 1. The number of carbonyl (C=O) groups excluding carboxylic acids is 1. The quantitative estimate of drug-likeness (QED) is 0.625. The van der Waals surface area contributed by atoms with Crippen LogP contribution in [0.1, 0.15) is 12.5 Å². The molecule has 0 saturated carbocycles. The lowest BCUT2D eigenvalue weighted by molar-refractivity contribution is -0.137. The van der Waals surface area contributed by atoms with Crippen molar-refractivity contribution in [2.45, 2.75) is 6.92 Å². The molecule has 1 aromatic carbocycles. The average Bonchev–Trinajstić information content (AvgIpc) is 2.27. The van der Waals surface area contributed by atoms with Crippen LogP contribution in [-0.4, -0.2) is 24.8 Å². The first-order valence-electron chi connectivity index (χ1n) is 4.89. The molecule has 0 fully saturated rings. The van der Waals surface area contributed by atoms with Crippen LogP contribution in [0.4, 0.5) is 0 Å². The van der Waals surface area contributed by atoms with Crippen molar-refractivity contribution in [3.63, 3.8) is 0 Å². The maximum absolute atomic E-state index is 11.1. The second-order valence-electron chi connectivity index (χ2n) is 2.98. The molecule has 0 saturated heterocycles. The van der Waals surface area contributed by atoms with Crippen molar-refractivity contribution in [1.29, 1.82) is 0 Å². The summed E-state index contributed by atoms with van der Waals surface area (Å²) in [6, 6.07) is 4.88. The Morgan fingerprint density at radius 3 is 2.88 bits per heavy atom. The zero-order valence-electron chi connectivity index (χ0n) is 9.27. The molecule has 1 aromatic rings. The van der Waals surface area contributed by atoms with Gasteiger partial charge in [0.1, 0.15) is 11.5 Å². The Morgan fingerprint density at radius 2 is 2.25 bits per heavy atom. The van der Waals surface area contributed by atoms with Gasteiger partial charge in [-0.1, -0.05) is 6.07 Å². The van der Waals surface area contributed by atoms with E-state index < -0.39 is 5.97 Å². The second kappa shape index (κ2) is 5.80. The minimum absolute atomic E-state index is 0.0555. The van der Waals surface area contributed by atoms with Crippen LogP contribution >= 0.6 is 0 Å². The van der Waals surface area contributed by atoms with E-state index in [-0.39, 0.29) is 5.75 Å². The molecule has 0 aliphatic carbocycles. The summed E-state index contributed by atoms with van der Waals surface area (Å²) in [5.74, 6) is 0.105. The van der Waals surface area contributed by atoms with Crippen molar-refractivity contribution in [2.24, 2.45) is 0 Å². The third kappa shape index (κ3) is 3.02. The van der Waals surface area contributed by atoms with Gasteiger partial charge in [-0.2, -0.15) is 0 Å². The summed E-state index contributed by atoms with van der Waals surface area (Å²) < 4.78 is 9.78. The topological polar surface area (TPSA) is 55.8 Å². The van der Waals surface area contributed by atoms with Crippen LogP contribution in [0.5, 0.6) is 11.5 Å². The summed E-state index contributed by atoms with van der Waals surface area (Å²) in [5, 5.41) is 9.58. The molecule has 0 atom stereocenters. The number of methoxy groups -OCH3 is 1. The highest BCUT2D eigenvalue weighted by molar-refractivity contribution is 5.88. The van der Waals surface area contributed by atoms with Gasteiger partial charge in [0, 0.05) is 6.08 Å². The predicted octanol–water partition coefficient (Wildman–Crippen LogP) is 1.98. The number of benzene rings is 1. The van der Waals surface area contributed by atoms with Crippen molar-refractivity contribution < 1.29 is 19.4 Å². The van der Waals surface area contributed by atoms with E-state index in [9.17, 15) is 9.90 Å². The highest BCUT2D eigenvalue weighted by Gasteiger charge is 2.05. The normalized spacial score (nSPS) is 10.4. The first kappa shape index (κ1) is 12.1. The fourth-order valence-electron chi connectivity index (χ4n) is 1.22. The van der Waals surface area contributed by atoms with Gasteiger partial charge in [-0.15, -0.1) is 0 Å². The number of aromatic hydroxyl groups is 1. The molecule has 1 N–H and O–H groups in total. The van der Waals surface area contributed by atoms with Gasteiger partial charge in [-0.3, -0.25) is 0 Å². The third-order valence-electron chi connectivity index (χ3n) is 1.94. The Labute approximate surface area is 94.1 Å². The lowest BCUT2D eigenvalue weighted by Gasteiger charge is -2.05. The lowest BCUT2D eigenvalue weighted by Crippen LogP contribution is -1.98. The van der Waals surface area contributed by atoms with Crippen LogP contribution in [0.15, 0.2) is 24.3 Å². The first-order valence-corrected chi connectivity index (χ1v) is 4.89. The minimum atomic E-state index is -0.451. The van der Waals surface area contributed by atoms with E-state index in [4.69, 9.17) is 9.47 Å². The number of hydrogen-bond donors (Lipinski definition) is 1. The molecule has 0 spiro atoms. The molecule has 0 heterocycles. The maximum Gasteiger partial charge on any atom is 0.330 e. The van der Waals surface area contributed by atoms with E-state index in [1.165, 1.54) is 25.3 Å². The van der Waals surface area contributed by atoms with Gasteiger partial charge in [0.15, 0.2) is 0 Å². The highest BCUT2D eigenvalue weighted by Crippen LogP contribution is 2.28. The zero-order valence-corrected chi connectivity index (χ0v) is 9.27. The molecular formula is C12H14O4. The summed E-state index contributed by atoms with van der Waals surface area (Å²) in [5.41, 5.74) is 0.457. The molecule has 0 radical (unpaired) electrons. The number of phenolic OH excluding ortho intramolecular Hbond substituents is 1. The Hall–Kier alpha value is -1.97. The van der Waals surface area contributed by atoms with Crippen LogP contribution < -0.4 is 4.74 Å². The number of hydrogen-bond acceptors (Lipinski definition) is 4. The molecular weight excluding hydrogens is 208 g/mol. The van der Waals surface area contributed by atoms with Crippen LogP contribution in [-0.2, 0) is 9.53 Å². The lowest BCUT2D eigenvalue weighted by atomic mass is 10.1. The molecule has 86 valence electrons. The van der Waals surface area contributed by atoms with Crippen LogP contribution in [0, 0.1) is 0 Å². The second-order valence-corrected chi connectivity index (χ2v) is 2.98. The van der Waals surface area contributed by atoms with Gasteiger partial charge in [-0.25, -0.2) is 4.79 Å². The molecule has 0 aliphatic rings. The third-order valence-corrected chi connectivity index (χ3v) is 1.94. The monoisotopic (exact) mass is 222 g/mol. The molecule has 1 rings (SSSR count). The van der Waals surface area contributed by atoms with E-state index in [1.54, 1.807) is 19.1 Å². The number of rotatable bonds is 4. The molecule has 0 amide bonds. The summed E-state index contributed by atoms with van der Waals surface area (Å²) in [6.45, 7) is 2.05. The van der Waals surface area contributed by atoms with Crippen molar-refractivity contribution in [2.75, 3.05) is 13.7 Å². The average molecular weight is 222 g/mol. The Kier molecular flexibility index (Phi) is 4.39. The Bertz CT molecular complexity index is 396. The zero-order chi connectivity index (χ0) is 12.0. The van der Waals surface area contributed by atoms with E-state index >= 15 is 0 Å². The molecule has 0 aromatic heterocycles. The molecule has 0 unspecified atom stereocenters. The van der Waals surface area contributed by atoms with Crippen molar-refractivity contribution in [1.82, 2.24) is 0 Å². The van der Waals surface area contributed by atoms with Gasteiger partial charge in [-0.05, 0) is 25.1 Å². The van der Waals surface area contributed by atoms with E-state index in [0.29, 0.717) is 17.9 Å². The van der Waals surface area contributed by atoms with Gasteiger partial charge in [0.2, 0.25) is 0 Å². The van der Waals surface area contributed by atoms with E-state index in [0.717, 1.165) is 0 Å². The predicted molar refractivity (Wildman–Crippen MR) is 60.3 cm³/mol. The maximum atomic E-state index is 11.1. The fourth-order valence-corrected chi connectivity index (χ4v) is 1.22. The van der Waals surface area contributed by atoms with Gasteiger partial charge < -0.3 is 14.6 Å². The van der Waals surface area contributed by atoms with Crippen molar-refractivity contribution in [3.05, 3.63) is 29.8 Å². The van der Waals surface area contributed by atoms with E-state index in [1.807, 2.05) is 0 Å². The standard InChI is InChI=1S/C12H14O4/c1-3-16-12(14)8-7-9-10(13)5-4-6-11(9)15-2/h4-8,13H,3H2,1-2H3. The Morgan fingerprint density at radius 1 is 1.50 bits per heavy atom. The SMILES string of the molecule is CCOC(=O)C=Cc1c(O)cccc1OC. The highest BCUT2D eigenvalue weighted by atomic mass is 16.5. The molecule has 0 aliphatic heterocycles. The minimum Gasteiger partial charge on any atom is -0.507 e. The smallest absolute Gasteiger partial charge is 0.330 e. The van der Waals surface area contributed by atoms with Gasteiger partial charge in [0.25, 0.3) is 0 Å². The molecule has 16 heavy (non-hydrogen) atoms. The van der Waals surface area contributed by atoms with Crippen LogP contribution in [0.3, 0.4) is 0 Å². The Balaban J connectivity index is 2.91.